The summed E-state index contributed by atoms with van der Waals surface area (Å²) < 4.78 is 48.5. The number of halogens is 1. The Morgan fingerprint density at radius 2 is 1.61 bits per heavy atom. The number of carbonyl (C=O) groups is 1. The van der Waals surface area contributed by atoms with Crippen molar-refractivity contribution in [2.75, 3.05) is 5.32 Å². The van der Waals surface area contributed by atoms with Crippen LogP contribution in [0.4, 0.5) is 10.1 Å². The van der Waals surface area contributed by atoms with Gasteiger partial charge in [0.05, 0.1) is 5.25 Å². The molecule has 0 bridgehead atoms. The Morgan fingerprint density at radius 1 is 1.04 bits per heavy atom. The zero-order chi connectivity index (χ0) is 21.1. The van der Waals surface area contributed by atoms with E-state index in [2.05, 4.69) is 5.32 Å². The molecule has 0 spiro atoms. The number of ether oxygens (including phenoxy) is 1. The highest BCUT2D eigenvalue weighted by Gasteiger charge is 2.24. The highest BCUT2D eigenvalue weighted by Crippen LogP contribution is 2.33. The molecular formula is C20H24FNO5S. The molecule has 28 heavy (non-hydrogen) atoms. The molecule has 0 atom stereocenters. The third-order valence-corrected chi connectivity index (χ3v) is 5.32. The van der Waals surface area contributed by atoms with E-state index in [0.717, 1.165) is 0 Å². The van der Waals surface area contributed by atoms with Crippen molar-refractivity contribution in [2.45, 2.75) is 39.9 Å². The Bertz CT molecular complexity index is 948. The number of carbonyl (C=O) groups excluding carboxylic acids is 1. The van der Waals surface area contributed by atoms with Gasteiger partial charge in [0, 0.05) is 5.41 Å². The summed E-state index contributed by atoms with van der Waals surface area (Å²) in [5.74, 6) is -0.392. The van der Waals surface area contributed by atoms with Gasteiger partial charge in [0.15, 0.2) is 11.6 Å². The minimum Gasteiger partial charge on any atom is -0.455 e. The number of hydrogen-bond acceptors (Lipinski definition) is 5. The molecule has 1 N–H and O–H groups in total. The first kappa shape index (κ1) is 21.7. The first-order valence-corrected chi connectivity index (χ1v) is 10.2. The Kier molecular flexibility index (Phi) is 6.34. The lowest BCUT2D eigenvalue weighted by atomic mass is 9.95. The van der Waals surface area contributed by atoms with Crippen LogP contribution in [0.2, 0.25) is 0 Å². The second-order valence-corrected chi connectivity index (χ2v) is 9.61. The monoisotopic (exact) mass is 409 g/mol. The molecule has 2 rings (SSSR count). The average molecular weight is 409 g/mol. The van der Waals surface area contributed by atoms with Gasteiger partial charge in [-0.2, -0.15) is 8.42 Å². The van der Waals surface area contributed by atoms with Crippen molar-refractivity contribution in [3.05, 3.63) is 48.3 Å². The molecule has 0 aromatic heterocycles. The van der Waals surface area contributed by atoms with Crippen LogP contribution in [0.15, 0.2) is 42.5 Å². The van der Waals surface area contributed by atoms with E-state index < -0.39 is 26.6 Å². The predicted octanol–water partition coefficient (Wildman–Crippen LogP) is 4.72. The van der Waals surface area contributed by atoms with Crippen LogP contribution in [0, 0.1) is 11.2 Å². The van der Waals surface area contributed by atoms with Gasteiger partial charge in [0.2, 0.25) is 5.91 Å². The quantitative estimate of drug-likeness (QED) is 0.698. The lowest BCUT2D eigenvalue weighted by Gasteiger charge is -2.20. The van der Waals surface area contributed by atoms with Crippen molar-refractivity contribution in [2.24, 2.45) is 5.41 Å². The smallest absolute Gasteiger partial charge is 0.311 e. The summed E-state index contributed by atoms with van der Waals surface area (Å²) in [4.78, 5) is 12.2. The molecule has 8 heteroatoms. The number of hydrogen-bond donors (Lipinski definition) is 1. The molecular weight excluding hydrogens is 385 g/mol. The molecule has 0 saturated heterocycles. The highest BCUT2D eigenvalue weighted by atomic mass is 32.2. The molecule has 0 aliphatic heterocycles. The van der Waals surface area contributed by atoms with E-state index in [1.807, 2.05) is 0 Å². The van der Waals surface area contributed by atoms with E-state index in [4.69, 9.17) is 8.92 Å². The van der Waals surface area contributed by atoms with Crippen LogP contribution in [0.25, 0.3) is 0 Å². The largest absolute Gasteiger partial charge is 0.455 e. The van der Waals surface area contributed by atoms with Crippen LogP contribution in [-0.2, 0) is 14.9 Å². The summed E-state index contributed by atoms with van der Waals surface area (Å²) >= 11 is 0. The molecule has 0 radical (unpaired) electrons. The molecule has 0 fully saturated rings. The first-order valence-electron chi connectivity index (χ1n) is 8.71. The van der Waals surface area contributed by atoms with Crippen LogP contribution < -0.4 is 14.2 Å². The first-order chi connectivity index (χ1) is 12.9. The molecule has 6 nitrogen and oxygen atoms in total. The Morgan fingerprint density at radius 3 is 2.14 bits per heavy atom. The van der Waals surface area contributed by atoms with Crippen molar-refractivity contribution in [3.8, 4) is 17.2 Å². The fourth-order valence-corrected chi connectivity index (χ4v) is 2.50. The van der Waals surface area contributed by atoms with Gasteiger partial charge in [-0.1, -0.05) is 26.8 Å². The lowest BCUT2D eigenvalue weighted by molar-refractivity contribution is -0.123. The third kappa shape index (κ3) is 5.45. The van der Waals surface area contributed by atoms with Gasteiger partial charge < -0.3 is 14.2 Å². The van der Waals surface area contributed by atoms with Crippen LogP contribution in [0.1, 0.15) is 34.6 Å². The lowest BCUT2D eigenvalue weighted by Crippen LogP contribution is -2.28. The van der Waals surface area contributed by atoms with Gasteiger partial charge in [0.1, 0.15) is 17.2 Å². The van der Waals surface area contributed by atoms with Crippen LogP contribution in [0.5, 0.6) is 17.2 Å². The van der Waals surface area contributed by atoms with E-state index in [1.54, 1.807) is 20.8 Å². The van der Waals surface area contributed by atoms with Gasteiger partial charge in [-0.25, -0.2) is 4.39 Å². The topological polar surface area (TPSA) is 81.7 Å². The molecule has 0 aliphatic carbocycles. The summed E-state index contributed by atoms with van der Waals surface area (Å²) in [6.45, 7) is 8.18. The summed E-state index contributed by atoms with van der Waals surface area (Å²) in [6, 6.07) is 10.1. The normalized spacial score (nSPS) is 12.0. The third-order valence-electron chi connectivity index (χ3n) is 3.74. The number of anilines is 1. The van der Waals surface area contributed by atoms with Gasteiger partial charge >= 0.3 is 10.1 Å². The Balaban J connectivity index is 2.22. The van der Waals surface area contributed by atoms with Crippen LogP contribution >= 0.6 is 0 Å². The zero-order valence-corrected chi connectivity index (χ0v) is 17.3. The Labute approximate surface area is 164 Å². The average Bonchev–Trinajstić information content (AvgIpc) is 2.58. The second-order valence-electron chi connectivity index (χ2n) is 7.52. The number of amides is 1. The zero-order valence-electron chi connectivity index (χ0n) is 16.4. The van der Waals surface area contributed by atoms with E-state index in [1.165, 1.54) is 56.3 Å². The number of para-hydroxylation sites is 1. The predicted molar refractivity (Wildman–Crippen MR) is 106 cm³/mol. The van der Waals surface area contributed by atoms with Crippen molar-refractivity contribution in [1.82, 2.24) is 0 Å². The van der Waals surface area contributed by atoms with E-state index in [0.29, 0.717) is 5.75 Å². The second kappa shape index (κ2) is 8.18. The summed E-state index contributed by atoms with van der Waals surface area (Å²) in [5, 5.41) is 1.87. The minimum absolute atomic E-state index is 0.0647. The molecule has 1 amide bonds. The maximum Gasteiger partial charge on any atom is 0.311 e. The number of rotatable bonds is 6. The standard InChI is InChI=1S/C20H24FNO5S/c1-13(2)28(24,25)27-15-11-9-14(10-12-15)26-17-8-6-7-16(21)18(17)22-19(23)20(3,4)5/h6-13H,1-5H3,(H,22,23). The summed E-state index contributed by atoms with van der Waals surface area (Å²) in [6.07, 6.45) is 0. The minimum atomic E-state index is -3.70. The van der Waals surface area contributed by atoms with Crippen molar-refractivity contribution >= 4 is 21.7 Å². The van der Waals surface area contributed by atoms with Crippen LogP contribution in [-0.4, -0.2) is 19.6 Å². The fourth-order valence-electron chi connectivity index (χ4n) is 1.93. The van der Waals surface area contributed by atoms with Crippen molar-refractivity contribution in [1.29, 1.82) is 0 Å². The molecule has 0 heterocycles. The Hall–Kier alpha value is -2.61. The van der Waals surface area contributed by atoms with E-state index in [9.17, 15) is 17.6 Å². The van der Waals surface area contributed by atoms with Crippen LogP contribution in [0.3, 0.4) is 0 Å². The van der Waals surface area contributed by atoms with Gasteiger partial charge in [-0.3, -0.25) is 4.79 Å². The van der Waals surface area contributed by atoms with Gasteiger partial charge in [-0.05, 0) is 50.2 Å². The number of benzene rings is 2. The fraction of sp³-hybridized carbons (Fsp3) is 0.350. The van der Waals surface area contributed by atoms with Crippen molar-refractivity contribution in [3.63, 3.8) is 0 Å². The maximum atomic E-state index is 14.2. The highest BCUT2D eigenvalue weighted by molar-refractivity contribution is 7.87. The summed E-state index contributed by atoms with van der Waals surface area (Å²) in [5.41, 5.74) is -0.773. The van der Waals surface area contributed by atoms with Crippen molar-refractivity contribution < 1.29 is 26.5 Å². The summed E-state index contributed by atoms with van der Waals surface area (Å²) in [7, 11) is -3.70. The molecule has 152 valence electrons. The van der Waals surface area contributed by atoms with Gasteiger partial charge in [-0.15, -0.1) is 0 Å². The maximum absolute atomic E-state index is 14.2. The molecule has 0 unspecified atom stereocenters. The number of nitrogens with one attached hydrogen (secondary N) is 1. The van der Waals surface area contributed by atoms with Gasteiger partial charge in [0.25, 0.3) is 0 Å². The van der Waals surface area contributed by atoms with E-state index >= 15 is 0 Å². The van der Waals surface area contributed by atoms with E-state index in [-0.39, 0.29) is 23.1 Å². The SMILES string of the molecule is CC(C)S(=O)(=O)Oc1ccc(Oc2cccc(F)c2NC(=O)C(C)(C)C)cc1. The molecule has 0 saturated carbocycles. The molecule has 2 aromatic carbocycles. The molecule has 2 aromatic rings. The molecule has 0 aliphatic rings.